The fraction of sp³-hybridized carbons (Fsp3) is 0.500. The van der Waals surface area contributed by atoms with Crippen LogP contribution in [0, 0.1) is 5.41 Å². The van der Waals surface area contributed by atoms with Crippen LogP contribution in [0.3, 0.4) is 0 Å². The molecule has 0 saturated heterocycles. The molecule has 0 aromatic heterocycles. The number of aliphatic carboxylic acids is 2. The summed E-state index contributed by atoms with van der Waals surface area (Å²) in [5.41, 5.74) is -1.07. The molecule has 1 rings (SSSR count). The third-order valence-corrected chi connectivity index (χ3v) is 3.03. The van der Waals surface area contributed by atoms with Crippen LogP contribution in [0.5, 0.6) is 0 Å². The Bertz CT molecular complexity index is 413. The molecule has 1 aliphatic carbocycles. The number of carboxylic acids is 2. The van der Waals surface area contributed by atoms with E-state index in [4.69, 9.17) is 15.4 Å². The van der Waals surface area contributed by atoms with Gasteiger partial charge in [-0.25, -0.2) is 10.3 Å². The van der Waals surface area contributed by atoms with Crippen molar-refractivity contribution in [1.29, 1.82) is 0 Å². The monoisotopic (exact) mass is 243 g/mol. The van der Waals surface area contributed by atoms with Gasteiger partial charge in [-0.2, -0.15) is 0 Å². The number of carboxylic acid groups (broad SMARTS) is 2. The van der Waals surface area contributed by atoms with Crippen molar-refractivity contribution in [2.75, 3.05) is 0 Å². The summed E-state index contributed by atoms with van der Waals surface area (Å²) in [5.74, 6) is -4.24. The van der Waals surface area contributed by atoms with Gasteiger partial charge in [-0.15, -0.1) is 0 Å². The first-order chi connectivity index (χ1) is 7.87. The number of amides is 1. The van der Waals surface area contributed by atoms with E-state index in [9.17, 15) is 14.4 Å². The molecule has 0 radical (unpaired) electrons. The van der Waals surface area contributed by atoms with Gasteiger partial charge < -0.3 is 10.2 Å². The molecular weight excluding hydrogens is 230 g/mol. The molecule has 7 heteroatoms. The Hall–Kier alpha value is -1.89. The smallest absolute Gasteiger partial charge is 0.333 e. The number of hydrogen-bond acceptors (Lipinski definition) is 4. The van der Waals surface area contributed by atoms with Gasteiger partial charge in [0.05, 0.1) is 5.57 Å². The summed E-state index contributed by atoms with van der Waals surface area (Å²) in [6.45, 7) is 1.48. The van der Waals surface area contributed by atoms with E-state index in [1.807, 2.05) is 0 Å². The number of hydroxylamine groups is 1. The molecule has 0 aromatic carbocycles. The number of rotatable bonds is 3. The fourth-order valence-electron chi connectivity index (χ4n) is 2.23. The molecule has 0 aliphatic heterocycles. The molecule has 0 heterocycles. The number of carbonyl (C=O) groups is 3. The minimum Gasteiger partial charge on any atom is -0.480 e. The van der Waals surface area contributed by atoms with Crippen molar-refractivity contribution >= 4 is 17.8 Å². The molecule has 17 heavy (non-hydrogen) atoms. The number of allylic oxidation sites excluding steroid dienone is 1. The summed E-state index contributed by atoms with van der Waals surface area (Å²) in [5, 5.41) is 26.8. The largest absolute Gasteiger partial charge is 0.480 e. The SMILES string of the molecule is CC1=C(C(=O)O)C(C(=O)O)(C(=O)NO)CCC1. The van der Waals surface area contributed by atoms with Gasteiger partial charge in [0.15, 0.2) is 5.41 Å². The molecule has 0 fully saturated rings. The zero-order valence-electron chi connectivity index (χ0n) is 9.19. The van der Waals surface area contributed by atoms with E-state index in [1.54, 1.807) is 0 Å². The predicted molar refractivity (Wildman–Crippen MR) is 54.2 cm³/mol. The lowest BCUT2D eigenvalue weighted by Gasteiger charge is -2.32. The lowest BCUT2D eigenvalue weighted by molar-refractivity contribution is -0.160. The standard InChI is InChI=1S/C10H13NO6/c1-5-3-2-4-10(9(15)16,8(14)11-17)6(5)7(12)13/h17H,2-4H2,1H3,(H,11,14)(H,12,13)(H,15,16). The Labute approximate surface area is 96.7 Å². The van der Waals surface area contributed by atoms with Gasteiger partial charge in [-0.1, -0.05) is 5.57 Å². The Kier molecular flexibility index (Phi) is 3.52. The number of nitrogens with one attached hydrogen (secondary N) is 1. The van der Waals surface area contributed by atoms with Crippen molar-refractivity contribution in [1.82, 2.24) is 5.48 Å². The highest BCUT2D eigenvalue weighted by molar-refractivity contribution is 6.12. The highest BCUT2D eigenvalue weighted by Gasteiger charge is 2.54. The Balaban J connectivity index is 3.48. The van der Waals surface area contributed by atoms with E-state index in [2.05, 4.69) is 0 Å². The average Bonchev–Trinajstić information content (AvgIpc) is 2.26. The van der Waals surface area contributed by atoms with Crippen LogP contribution in [0.2, 0.25) is 0 Å². The zero-order chi connectivity index (χ0) is 13.2. The molecule has 7 nitrogen and oxygen atoms in total. The summed E-state index contributed by atoms with van der Waals surface area (Å²) in [7, 11) is 0. The summed E-state index contributed by atoms with van der Waals surface area (Å²) in [4.78, 5) is 33.9. The van der Waals surface area contributed by atoms with Gasteiger partial charge >= 0.3 is 11.9 Å². The molecule has 1 aliphatic rings. The molecule has 94 valence electrons. The molecule has 0 spiro atoms. The van der Waals surface area contributed by atoms with Crippen LogP contribution in [0.1, 0.15) is 26.2 Å². The summed E-state index contributed by atoms with van der Waals surface area (Å²) in [6.07, 6.45) is 0.658. The topological polar surface area (TPSA) is 124 Å². The predicted octanol–water partition coefficient (Wildman–Crippen LogP) is 0.148. The molecule has 1 amide bonds. The van der Waals surface area contributed by atoms with Crippen LogP contribution in [0.4, 0.5) is 0 Å². The van der Waals surface area contributed by atoms with E-state index in [0.717, 1.165) is 0 Å². The van der Waals surface area contributed by atoms with Crippen LogP contribution in [-0.4, -0.2) is 33.3 Å². The third kappa shape index (κ3) is 1.89. The molecule has 0 aromatic rings. The molecule has 0 saturated carbocycles. The van der Waals surface area contributed by atoms with Crippen molar-refractivity contribution in [2.24, 2.45) is 5.41 Å². The highest BCUT2D eigenvalue weighted by Crippen LogP contribution is 2.41. The van der Waals surface area contributed by atoms with Crippen molar-refractivity contribution in [3.8, 4) is 0 Å². The maximum atomic E-state index is 11.6. The first-order valence-electron chi connectivity index (χ1n) is 4.99. The maximum absolute atomic E-state index is 11.6. The quantitative estimate of drug-likeness (QED) is 0.317. The second-order valence-electron chi connectivity index (χ2n) is 3.97. The highest BCUT2D eigenvalue weighted by atomic mass is 16.5. The van der Waals surface area contributed by atoms with Gasteiger partial charge in [0.2, 0.25) is 0 Å². The fourth-order valence-corrected chi connectivity index (χ4v) is 2.23. The van der Waals surface area contributed by atoms with E-state index in [1.165, 1.54) is 12.4 Å². The first-order valence-corrected chi connectivity index (χ1v) is 4.99. The number of hydrogen-bond donors (Lipinski definition) is 4. The van der Waals surface area contributed by atoms with E-state index in [-0.39, 0.29) is 6.42 Å². The van der Waals surface area contributed by atoms with E-state index >= 15 is 0 Å². The van der Waals surface area contributed by atoms with Crippen LogP contribution >= 0.6 is 0 Å². The number of carbonyl (C=O) groups excluding carboxylic acids is 1. The molecular formula is C10H13NO6. The third-order valence-electron chi connectivity index (χ3n) is 3.03. The Morgan fingerprint density at radius 1 is 1.29 bits per heavy atom. The van der Waals surface area contributed by atoms with Crippen molar-refractivity contribution in [3.63, 3.8) is 0 Å². The molecule has 0 bridgehead atoms. The van der Waals surface area contributed by atoms with E-state index in [0.29, 0.717) is 18.4 Å². The van der Waals surface area contributed by atoms with Crippen LogP contribution in [0.15, 0.2) is 11.1 Å². The van der Waals surface area contributed by atoms with Crippen LogP contribution < -0.4 is 5.48 Å². The lowest BCUT2D eigenvalue weighted by Crippen LogP contribution is -2.50. The zero-order valence-corrected chi connectivity index (χ0v) is 9.19. The minimum absolute atomic E-state index is 0.145. The van der Waals surface area contributed by atoms with E-state index < -0.39 is 28.8 Å². The summed E-state index contributed by atoms with van der Waals surface area (Å²) in [6, 6.07) is 0. The lowest BCUT2D eigenvalue weighted by atomic mass is 9.69. The Morgan fingerprint density at radius 3 is 2.29 bits per heavy atom. The Morgan fingerprint density at radius 2 is 1.88 bits per heavy atom. The van der Waals surface area contributed by atoms with Gasteiger partial charge in [-0.3, -0.25) is 14.8 Å². The van der Waals surface area contributed by atoms with Crippen LogP contribution in [-0.2, 0) is 14.4 Å². The molecule has 1 unspecified atom stereocenters. The molecule has 4 N–H and O–H groups in total. The second-order valence-corrected chi connectivity index (χ2v) is 3.97. The normalized spacial score (nSPS) is 24.4. The van der Waals surface area contributed by atoms with Crippen molar-refractivity contribution in [2.45, 2.75) is 26.2 Å². The maximum Gasteiger partial charge on any atom is 0.333 e. The minimum atomic E-state index is -2.21. The van der Waals surface area contributed by atoms with Crippen LogP contribution in [0.25, 0.3) is 0 Å². The van der Waals surface area contributed by atoms with Crippen molar-refractivity contribution < 1.29 is 29.8 Å². The van der Waals surface area contributed by atoms with Gasteiger partial charge in [0, 0.05) is 0 Å². The van der Waals surface area contributed by atoms with Gasteiger partial charge in [0.25, 0.3) is 5.91 Å². The molecule has 1 atom stereocenters. The first kappa shape index (κ1) is 13.2. The van der Waals surface area contributed by atoms with Crippen molar-refractivity contribution in [3.05, 3.63) is 11.1 Å². The average molecular weight is 243 g/mol. The van der Waals surface area contributed by atoms with Gasteiger partial charge in [0.1, 0.15) is 0 Å². The summed E-state index contributed by atoms with van der Waals surface area (Å²) >= 11 is 0. The van der Waals surface area contributed by atoms with Gasteiger partial charge in [-0.05, 0) is 26.2 Å². The second kappa shape index (κ2) is 4.54. The summed E-state index contributed by atoms with van der Waals surface area (Å²) < 4.78 is 0.